The Hall–Kier alpha value is -2.64. The molecule has 4 N–H and O–H groups in total. The molecule has 0 aromatic carbocycles. The first-order valence-corrected chi connectivity index (χ1v) is 12.0. The van der Waals surface area contributed by atoms with Gasteiger partial charge in [0.15, 0.2) is 10.8 Å². The first-order valence-electron chi connectivity index (χ1n) is 10.1. The molecule has 13 heteroatoms. The van der Waals surface area contributed by atoms with Gasteiger partial charge >= 0.3 is 5.97 Å². The number of fused-ring (bicyclic) bond motifs is 1. The molecule has 1 unspecified atom stereocenters. The summed E-state index contributed by atoms with van der Waals surface area (Å²) in [6.07, 6.45) is 2.24. The van der Waals surface area contributed by atoms with Crippen molar-refractivity contribution in [1.29, 1.82) is 0 Å². The number of hydrogen-bond donors (Lipinski definition) is 3. The van der Waals surface area contributed by atoms with Gasteiger partial charge in [-0.05, 0) is 0 Å². The largest absolute Gasteiger partial charge is 0.477 e. The van der Waals surface area contributed by atoms with E-state index in [9.17, 15) is 19.5 Å². The number of quaternary nitrogens is 1. The molecule has 11 nitrogen and oxygen atoms in total. The maximum atomic E-state index is 12.9. The molecule has 3 aliphatic rings. The van der Waals surface area contributed by atoms with Gasteiger partial charge in [0.25, 0.3) is 11.8 Å². The van der Waals surface area contributed by atoms with Crippen LogP contribution in [0, 0.1) is 0 Å². The number of anilines is 1. The number of β-lactam (4-membered cyclic amide) rings is 1. The summed E-state index contributed by atoms with van der Waals surface area (Å²) >= 11 is 2.61. The predicted octanol–water partition coefficient (Wildman–Crippen LogP) is 0.0548. The molecule has 4 heterocycles. The van der Waals surface area contributed by atoms with Crippen LogP contribution in [-0.4, -0.2) is 93.9 Å². The number of nitrogens with zero attached hydrogens (tertiary/aromatic N) is 4. The quantitative estimate of drug-likeness (QED) is 0.214. The summed E-state index contributed by atoms with van der Waals surface area (Å²) in [5, 5.41) is 17.6. The Morgan fingerprint density at radius 2 is 2.16 bits per heavy atom. The number of likely N-dealkylation sites (N-methyl/N-ethyl adjacent to an activating group) is 1. The van der Waals surface area contributed by atoms with Gasteiger partial charge in [-0.15, -0.1) is 23.1 Å². The Morgan fingerprint density at radius 3 is 2.75 bits per heavy atom. The fourth-order valence-electron chi connectivity index (χ4n) is 4.42. The topological polar surface area (TPSA) is 147 Å². The lowest BCUT2D eigenvalue weighted by Gasteiger charge is -2.49. The Morgan fingerprint density at radius 1 is 1.44 bits per heavy atom. The number of carbonyl (C=O) groups is 3. The molecule has 1 aromatic heterocycles. The molecule has 0 saturated carbocycles. The molecule has 32 heavy (non-hydrogen) atoms. The average molecular weight is 482 g/mol. The maximum Gasteiger partial charge on any atom is 0.352 e. The number of rotatable bonds is 7. The highest BCUT2D eigenvalue weighted by molar-refractivity contribution is 8.00. The molecule has 4 rings (SSSR count). The molecule has 1 aromatic rings. The number of amides is 2. The van der Waals surface area contributed by atoms with Crippen molar-refractivity contribution in [2.24, 2.45) is 5.16 Å². The Balaban J connectivity index is 1.52. The van der Waals surface area contributed by atoms with Gasteiger partial charge in [-0.25, -0.2) is 9.78 Å². The molecule has 2 fully saturated rings. The highest BCUT2D eigenvalue weighted by Gasteiger charge is 2.55. The van der Waals surface area contributed by atoms with Crippen molar-refractivity contribution in [3.63, 3.8) is 0 Å². The highest BCUT2D eigenvalue weighted by Crippen LogP contribution is 2.41. The zero-order chi connectivity index (χ0) is 23.0. The van der Waals surface area contributed by atoms with Crippen LogP contribution in [0.2, 0.25) is 0 Å². The maximum absolute atomic E-state index is 12.9. The first kappa shape index (κ1) is 22.6. The number of thiazole rings is 1. The number of oxime groups is 1. The van der Waals surface area contributed by atoms with Gasteiger partial charge in [-0.2, -0.15) is 0 Å². The summed E-state index contributed by atoms with van der Waals surface area (Å²) in [6, 6.07) is -0.863. The SMILES string of the molecule is CO/N=C(\C(=O)NC1C(=O)N2C(C(=O)O)=C(C[N+]3(C)CCCC3)CS[C@@H]12)c1csc(N)n1. The van der Waals surface area contributed by atoms with Gasteiger partial charge in [-0.3, -0.25) is 14.5 Å². The minimum absolute atomic E-state index is 0.0496. The summed E-state index contributed by atoms with van der Waals surface area (Å²) in [5.74, 6) is -1.71. The second kappa shape index (κ2) is 8.71. The number of aliphatic carboxylic acids is 1. The van der Waals surface area contributed by atoms with Crippen molar-refractivity contribution in [2.45, 2.75) is 24.3 Å². The summed E-state index contributed by atoms with van der Waals surface area (Å²) in [4.78, 5) is 47.9. The van der Waals surface area contributed by atoms with Crippen molar-refractivity contribution in [2.75, 3.05) is 45.3 Å². The van der Waals surface area contributed by atoms with Gasteiger partial charge < -0.3 is 25.5 Å². The van der Waals surface area contributed by atoms with Crippen molar-refractivity contribution < 1.29 is 28.8 Å². The van der Waals surface area contributed by atoms with Gasteiger partial charge in [0.1, 0.15) is 36.5 Å². The zero-order valence-corrected chi connectivity index (χ0v) is 19.4. The number of nitrogens with two attached hydrogens (primary N) is 1. The smallest absolute Gasteiger partial charge is 0.352 e. The fourth-order valence-corrected chi connectivity index (χ4v) is 6.31. The molecule has 0 spiro atoms. The van der Waals surface area contributed by atoms with Crippen LogP contribution in [0.25, 0.3) is 0 Å². The van der Waals surface area contributed by atoms with E-state index in [0.717, 1.165) is 47.3 Å². The van der Waals surface area contributed by atoms with Crippen LogP contribution < -0.4 is 11.1 Å². The van der Waals surface area contributed by atoms with Crippen LogP contribution >= 0.6 is 23.1 Å². The number of hydrogen-bond acceptors (Lipinski definition) is 9. The number of carbonyl (C=O) groups excluding carboxylic acids is 2. The summed E-state index contributed by atoms with van der Waals surface area (Å²) in [5.41, 5.74) is 6.59. The normalized spacial score (nSPS) is 24.8. The van der Waals surface area contributed by atoms with Crippen LogP contribution in [0.1, 0.15) is 18.5 Å². The van der Waals surface area contributed by atoms with Crippen molar-refractivity contribution in [3.05, 3.63) is 22.3 Å². The molecule has 2 atom stereocenters. The number of carboxylic acid groups (broad SMARTS) is 1. The van der Waals surface area contributed by atoms with Crippen LogP contribution in [0.5, 0.6) is 0 Å². The average Bonchev–Trinajstić information content (AvgIpc) is 3.37. The fraction of sp³-hybridized carbons (Fsp3) is 0.526. The molecular formula is C19H25N6O5S2+. The molecular weight excluding hydrogens is 456 g/mol. The van der Waals surface area contributed by atoms with Crippen molar-refractivity contribution in [3.8, 4) is 0 Å². The van der Waals surface area contributed by atoms with Crippen molar-refractivity contribution in [1.82, 2.24) is 15.2 Å². The lowest BCUT2D eigenvalue weighted by atomic mass is 10.0. The van der Waals surface area contributed by atoms with Crippen molar-refractivity contribution >= 4 is 51.7 Å². The molecule has 0 bridgehead atoms. The third kappa shape index (κ3) is 4.07. The molecule has 0 radical (unpaired) electrons. The number of likely N-dealkylation sites (tertiary alicyclic amines) is 1. The van der Waals surface area contributed by atoms with E-state index >= 15 is 0 Å². The van der Waals surface area contributed by atoms with E-state index in [2.05, 4.69) is 22.5 Å². The highest BCUT2D eigenvalue weighted by atomic mass is 32.2. The monoisotopic (exact) mass is 481 g/mol. The van der Waals surface area contributed by atoms with E-state index in [0.29, 0.717) is 12.3 Å². The standard InChI is InChI=1S/C19H24N6O5S2/c1-25(5-3-4-6-25)7-10-8-31-17-13(16(27)24(17)14(10)18(28)29)22-15(26)12(23-30-2)11-9-32-19(20)21-11/h9,13,17H,3-8H2,1-2H3,(H3-,20,21,22,26,28,29)/p+1/b23-12-/t13?,17-/m0/s1. The van der Waals surface area contributed by atoms with E-state index in [1.165, 1.54) is 23.8 Å². The van der Waals surface area contributed by atoms with Gasteiger partial charge in [0.2, 0.25) is 0 Å². The number of nitrogens with one attached hydrogen (secondary N) is 1. The van der Waals surface area contributed by atoms with Crippen LogP contribution in [0.15, 0.2) is 21.8 Å². The van der Waals surface area contributed by atoms with Gasteiger partial charge in [0, 0.05) is 29.5 Å². The summed E-state index contributed by atoms with van der Waals surface area (Å²) in [6.45, 7) is 2.61. The summed E-state index contributed by atoms with van der Waals surface area (Å²) < 4.78 is 0.785. The minimum atomic E-state index is -1.12. The Kier molecular flexibility index (Phi) is 6.14. The van der Waals surface area contributed by atoms with Crippen LogP contribution in [0.4, 0.5) is 5.13 Å². The van der Waals surface area contributed by atoms with E-state index in [1.807, 2.05) is 0 Å². The molecule has 2 saturated heterocycles. The van der Waals surface area contributed by atoms with E-state index in [4.69, 9.17) is 10.6 Å². The Labute approximate surface area is 192 Å². The molecule has 172 valence electrons. The summed E-state index contributed by atoms with van der Waals surface area (Å²) in [7, 11) is 3.42. The van der Waals surface area contributed by atoms with Gasteiger partial charge in [-0.1, -0.05) is 5.16 Å². The lowest BCUT2D eigenvalue weighted by molar-refractivity contribution is -0.893. The second-order valence-corrected chi connectivity index (χ2v) is 10.2. The molecule has 0 aliphatic carbocycles. The molecule has 2 amide bonds. The van der Waals surface area contributed by atoms with E-state index < -0.39 is 29.2 Å². The van der Waals surface area contributed by atoms with Crippen LogP contribution in [-0.2, 0) is 19.2 Å². The Bertz CT molecular complexity index is 1020. The number of nitrogen functional groups attached to an aromatic ring is 1. The number of carboxylic acids is 1. The second-order valence-electron chi connectivity index (χ2n) is 8.24. The van der Waals surface area contributed by atoms with Gasteiger partial charge in [0.05, 0.1) is 20.1 Å². The van der Waals surface area contributed by atoms with E-state index in [-0.39, 0.29) is 22.2 Å². The van der Waals surface area contributed by atoms with E-state index in [1.54, 1.807) is 5.38 Å². The number of aromatic nitrogens is 1. The first-order chi connectivity index (χ1) is 15.2. The third-order valence-electron chi connectivity index (χ3n) is 5.92. The lowest BCUT2D eigenvalue weighted by Crippen LogP contribution is -2.71. The third-order valence-corrected chi connectivity index (χ3v) is 7.93. The minimum Gasteiger partial charge on any atom is -0.477 e. The predicted molar refractivity (Wildman–Crippen MR) is 120 cm³/mol. The zero-order valence-electron chi connectivity index (χ0n) is 17.7. The van der Waals surface area contributed by atoms with Crippen LogP contribution in [0.3, 0.4) is 0 Å². The number of thioether (sulfide) groups is 1. The molecule has 3 aliphatic heterocycles.